The molecule has 35 heavy (non-hydrogen) atoms. The fourth-order valence-corrected chi connectivity index (χ4v) is 4.52. The minimum Gasteiger partial charge on any atom is -0.493 e. The number of nitrogens with one attached hydrogen (secondary N) is 1. The van der Waals surface area contributed by atoms with Crippen LogP contribution in [0.15, 0.2) is 71.8 Å². The van der Waals surface area contributed by atoms with Crippen molar-refractivity contribution < 1.29 is 24.0 Å². The summed E-state index contributed by atoms with van der Waals surface area (Å²) in [6, 6.07) is 17.4. The molecule has 0 bridgehead atoms. The molecule has 0 radical (unpaired) electrons. The van der Waals surface area contributed by atoms with E-state index < -0.39 is 16.8 Å². The summed E-state index contributed by atoms with van der Waals surface area (Å²) in [4.78, 5) is 35.5. The van der Waals surface area contributed by atoms with Gasteiger partial charge < -0.3 is 9.47 Å². The quantitative estimate of drug-likeness (QED) is 0.116. The van der Waals surface area contributed by atoms with Crippen LogP contribution in [0.25, 0.3) is 10.1 Å². The topological polar surface area (TPSA) is 120 Å². The summed E-state index contributed by atoms with van der Waals surface area (Å²) in [5, 5.41) is 15.8. The molecule has 0 fully saturated rings. The van der Waals surface area contributed by atoms with Crippen molar-refractivity contribution in [2.24, 2.45) is 5.10 Å². The molecule has 4 aromatic rings. The fourth-order valence-electron chi connectivity index (χ4n) is 3.13. The van der Waals surface area contributed by atoms with Crippen molar-refractivity contribution in [1.82, 2.24) is 5.43 Å². The molecule has 0 atom stereocenters. The van der Waals surface area contributed by atoms with E-state index in [1.165, 1.54) is 48.9 Å². The summed E-state index contributed by atoms with van der Waals surface area (Å²) in [5.41, 5.74) is 2.74. The van der Waals surface area contributed by atoms with E-state index in [1.54, 1.807) is 12.1 Å². The Bertz CT molecular complexity index is 1480. The molecule has 3 aromatic carbocycles. The number of carbonyl (C=O) groups excluding carboxylic acids is 2. The number of amides is 1. The molecule has 0 aliphatic carbocycles. The molecule has 4 rings (SSSR count). The van der Waals surface area contributed by atoms with Crippen molar-refractivity contribution >= 4 is 56.8 Å². The number of hydrazone groups is 1. The molecule has 0 aliphatic rings. The van der Waals surface area contributed by atoms with Gasteiger partial charge in [-0.15, -0.1) is 11.3 Å². The molecular weight excluding hydrogens is 494 g/mol. The average Bonchev–Trinajstić information content (AvgIpc) is 3.21. The van der Waals surface area contributed by atoms with E-state index in [4.69, 9.17) is 21.1 Å². The van der Waals surface area contributed by atoms with E-state index in [-0.39, 0.29) is 27.6 Å². The van der Waals surface area contributed by atoms with Crippen LogP contribution < -0.4 is 14.9 Å². The van der Waals surface area contributed by atoms with Crippen LogP contribution in [-0.2, 0) is 0 Å². The molecule has 0 spiro atoms. The second kappa shape index (κ2) is 10.3. The number of ether oxygens (including phenoxy) is 2. The number of fused-ring (bicyclic) bond motifs is 1. The Morgan fingerprint density at radius 3 is 2.63 bits per heavy atom. The minimum absolute atomic E-state index is 0.0936. The van der Waals surface area contributed by atoms with E-state index in [9.17, 15) is 19.7 Å². The normalized spacial score (nSPS) is 10.9. The van der Waals surface area contributed by atoms with Crippen LogP contribution >= 0.6 is 22.9 Å². The predicted molar refractivity (Wildman–Crippen MR) is 133 cm³/mol. The molecule has 9 nitrogen and oxygen atoms in total. The van der Waals surface area contributed by atoms with Crippen LogP contribution in [0.3, 0.4) is 0 Å². The number of non-ortho nitro benzene ring substituents is 1. The minimum atomic E-state index is -0.611. The maximum Gasteiger partial charge on any atom is 0.355 e. The van der Waals surface area contributed by atoms with Crippen LogP contribution in [0, 0.1) is 10.1 Å². The Labute approximate surface area is 207 Å². The number of nitro groups is 1. The lowest BCUT2D eigenvalue weighted by Crippen LogP contribution is -2.17. The number of halogens is 1. The van der Waals surface area contributed by atoms with E-state index in [1.807, 2.05) is 24.3 Å². The summed E-state index contributed by atoms with van der Waals surface area (Å²) >= 11 is 7.60. The van der Waals surface area contributed by atoms with Crippen molar-refractivity contribution in [3.05, 3.63) is 97.9 Å². The van der Waals surface area contributed by atoms with Crippen molar-refractivity contribution in [2.75, 3.05) is 7.11 Å². The molecule has 1 N–H and O–H groups in total. The highest BCUT2D eigenvalue weighted by atomic mass is 35.5. The van der Waals surface area contributed by atoms with Gasteiger partial charge in [0, 0.05) is 27.8 Å². The highest BCUT2D eigenvalue weighted by molar-refractivity contribution is 7.21. The lowest BCUT2D eigenvalue weighted by Gasteiger charge is -2.09. The third-order valence-electron chi connectivity index (χ3n) is 4.81. The van der Waals surface area contributed by atoms with E-state index in [0.717, 1.165) is 16.2 Å². The second-order valence-corrected chi connectivity index (χ2v) is 8.48. The number of hydrogen-bond donors (Lipinski definition) is 1. The molecule has 1 aromatic heterocycles. The Kier molecular flexibility index (Phi) is 7.04. The number of nitro benzene ring substituents is 1. The summed E-state index contributed by atoms with van der Waals surface area (Å²) in [6.45, 7) is 0. The zero-order valence-corrected chi connectivity index (χ0v) is 19.6. The van der Waals surface area contributed by atoms with Crippen LogP contribution in [0.4, 0.5) is 5.69 Å². The molecule has 0 unspecified atom stereocenters. The maximum absolute atomic E-state index is 12.7. The Hall–Kier alpha value is -4.28. The Balaban J connectivity index is 1.46. The number of hydrogen-bond acceptors (Lipinski definition) is 8. The Morgan fingerprint density at radius 2 is 1.89 bits per heavy atom. The summed E-state index contributed by atoms with van der Waals surface area (Å²) in [6.07, 6.45) is 1.35. The number of benzene rings is 3. The van der Waals surface area contributed by atoms with E-state index in [0.29, 0.717) is 10.6 Å². The number of nitrogens with zero attached hydrogens (tertiary/aromatic N) is 2. The van der Waals surface area contributed by atoms with Crippen LogP contribution in [0.5, 0.6) is 11.5 Å². The van der Waals surface area contributed by atoms with Crippen molar-refractivity contribution in [3.8, 4) is 11.5 Å². The zero-order valence-electron chi connectivity index (χ0n) is 18.1. The molecule has 1 heterocycles. The van der Waals surface area contributed by atoms with Crippen molar-refractivity contribution in [1.29, 1.82) is 0 Å². The first kappa shape index (κ1) is 23.9. The van der Waals surface area contributed by atoms with Crippen molar-refractivity contribution in [3.63, 3.8) is 0 Å². The Morgan fingerprint density at radius 1 is 1.09 bits per heavy atom. The standard InChI is InChI=1S/C24H16ClN3O6S/c1-33-19-11-14(13-26-27-23(29)15-5-4-6-16(12-15)28(31)32)9-10-18(19)34-24(30)22-21(25)17-7-2-3-8-20(17)35-22/h2-13H,1H3,(H,27,29)/b26-13-. The summed E-state index contributed by atoms with van der Waals surface area (Å²) in [5.74, 6) is -0.767. The number of methoxy groups -OCH3 is 1. The summed E-state index contributed by atoms with van der Waals surface area (Å²) < 4.78 is 11.7. The highest BCUT2D eigenvalue weighted by Crippen LogP contribution is 2.37. The van der Waals surface area contributed by atoms with E-state index in [2.05, 4.69) is 10.5 Å². The van der Waals surface area contributed by atoms with Gasteiger partial charge in [-0.1, -0.05) is 35.9 Å². The highest BCUT2D eigenvalue weighted by Gasteiger charge is 2.20. The molecule has 0 aliphatic heterocycles. The number of thiophene rings is 1. The smallest absolute Gasteiger partial charge is 0.355 e. The van der Waals surface area contributed by atoms with Gasteiger partial charge >= 0.3 is 5.97 Å². The maximum atomic E-state index is 12.7. The first-order valence-electron chi connectivity index (χ1n) is 10.0. The van der Waals surface area contributed by atoms with Gasteiger partial charge in [0.15, 0.2) is 11.5 Å². The third kappa shape index (κ3) is 5.29. The fraction of sp³-hybridized carbons (Fsp3) is 0.0417. The SMILES string of the molecule is COc1cc(/C=N\NC(=O)c2cccc([N+](=O)[O-])c2)ccc1OC(=O)c1sc2ccccc2c1Cl. The number of carbonyl (C=O) groups is 2. The first-order chi connectivity index (χ1) is 16.9. The largest absolute Gasteiger partial charge is 0.493 e. The van der Waals surface area contributed by atoms with Gasteiger partial charge in [-0.25, -0.2) is 10.2 Å². The molecule has 0 saturated carbocycles. The van der Waals surface area contributed by atoms with Gasteiger partial charge in [-0.3, -0.25) is 14.9 Å². The van der Waals surface area contributed by atoms with E-state index >= 15 is 0 Å². The monoisotopic (exact) mass is 509 g/mol. The van der Waals surface area contributed by atoms with Gasteiger partial charge in [-0.05, 0) is 35.9 Å². The zero-order chi connectivity index (χ0) is 24.9. The van der Waals surface area contributed by atoms with Gasteiger partial charge in [0.2, 0.25) is 0 Å². The molecular formula is C24H16ClN3O6S. The lowest BCUT2D eigenvalue weighted by atomic mass is 10.2. The third-order valence-corrected chi connectivity index (χ3v) is 6.46. The summed E-state index contributed by atoms with van der Waals surface area (Å²) in [7, 11) is 1.42. The van der Waals surface area contributed by atoms with Gasteiger partial charge in [-0.2, -0.15) is 5.10 Å². The molecule has 176 valence electrons. The lowest BCUT2D eigenvalue weighted by molar-refractivity contribution is -0.384. The first-order valence-corrected chi connectivity index (χ1v) is 11.2. The molecule has 11 heteroatoms. The van der Waals surface area contributed by atoms with Crippen molar-refractivity contribution in [2.45, 2.75) is 0 Å². The molecule has 0 saturated heterocycles. The second-order valence-electron chi connectivity index (χ2n) is 7.05. The van der Waals surface area contributed by atoms with Gasteiger partial charge in [0.05, 0.1) is 23.3 Å². The average molecular weight is 510 g/mol. The van der Waals surface area contributed by atoms with Crippen LogP contribution in [0.2, 0.25) is 5.02 Å². The van der Waals surface area contributed by atoms with Gasteiger partial charge in [0.1, 0.15) is 4.88 Å². The number of esters is 1. The van der Waals surface area contributed by atoms with Crippen LogP contribution in [-0.4, -0.2) is 30.1 Å². The van der Waals surface area contributed by atoms with Gasteiger partial charge in [0.25, 0.3) is 11.6 Å². The van der Waals surface area contributed by atoms with Crippen LogP contribution in [0.1, 0.15) is 25.6 Å². The molecule has 1 amide bonds. The predicted octanol–water partition coefficient (Wildman–Crippen LogP) is 5.45. The number of rotatable bonds is 7.